The first-order valence-corrected chi connectivity index (χ1v) is 5.65. The molecule has 0 aromatic heterocycles. The summed E-state index contributed by atoms with van der Waals surface area (Å²) in [5, 5.41) is 2.12. The van der Waals surface area contributed by atoms with E-state index >= 15 is 0 Å². The molecule has 0 amide bonds. The molecule has 2 nitrogen and oxygen atoms in total. The van der Waals surface area contributed by atoms with Gasteiger partial charge in [-0.15, -0.1) is 5.06 Å². The fourth-order valence-corrected chi connectivity index (χ4v) is 2.29. The van der Waals surface area contributed by atoms with Crippen LogP contribution in [0.1, 0.15) is 24.8 Å². The third-order valence-corrected chi connectivity index (χ3v) is 3.12. The Hall–Kier alpha value is -1.28. The van der Waals surface area contributed by atoms with Gasteiger partial charge in [-0.2, -0.15) is 0 Å². The Morgan fingerprint density at radius 3 is 2.80 bits per heavy atom. The van der Waals surface area contributed by atoms with Crippen LogP contribution in [0.25, 0.3) is 5.76 Å². The van der Waals surface area contributed by atoms with Crippen LogP contribution in [0.15, 0.2) is 36.4 Å². The van der Waals surface area contributed by atoms with E-state index < -0.39 is 0 Å². The van der Waals surface area contributed by atoms with Crippen LogP contribution >= 0.6 is 0 Å². The van der Waals surface area contributed by atoms with Crippen LogP contribution in [0.5, 0.6) is 0 Å². The van der Waals surface area contributed by atoms with Crippen LogP contribution in [0.2, 0.25) is 0 Å². The zero-order valence-electron chi connectivity index (χ0n) is 8.73. The molecule has 0 spiro atoms. The largest absolute Gasteiger partial charge is 0.405 e. The number of piperidine rings is 1. The molecule has 0 aliphatic carbocycles. The minimum Gasteiger partial charge on any atom is -0.405 e. The van der Waals surface area contributed by atoms with Gasteiger partial charge in [-0.3, -0.25) is 0 Å². The standard InChI is InChI=1S/C13H15NO/c1-2-6-11(7-3-1)13-10-12-8-4-5-9-14(12)15-13/h1-3,6-7,10,12H,4-5,8-9H2. The number of hydrogen-bond acceptors (Lipinski definition) is 2. The van der Waals surface area contributed by atoms with Gasteiger partial charge in [-0.1, -0.05) is 36.8 Å². The molecular weight excluding hydrogens is 186 g/mol. The van der Waals surface area contributed by atoms with Gasteiger partial charge < -0.3 is 4.84 Å². The van der Waals surface area contributed by atoms with E-state index in [-0.39, 0.29) is 0 Å². The molecular formula is C13H15NO. The van der Waals surface area contributed by atoms with Crippen molar-refractivity contribution in [3.8, 4) is 0 Å². The molecule has 78 valence electrons. The van der Waals surface area contributed by atoms with Crippen LogP contribution in [-0.2, 0) is 4.84 Å². The Morgan fingerprint density at radius 2 is 2.00 bits per heavy atom. The molecule has 0 N–H and O–H groups in total. The maximum absolute atomic E-state index is 5.85. The van der Waals surface area contributed by atoms with Crippen LogP contribution in [0, 0.1) is 0 Å². The highest BCUT2D eigenvalue weighted by Gasteiger charge is 2.29. The highest BCUT2D eigenvalue weighted by molar-refractivity contribution is 5.61. The number of hydroxylamine groups is 2. The first kappa shape index (κ1) is 8.98. The summed E-state index contributed by atoms with van der Waals surface area (Å²) in [5.74, 6) is 1.03. The molecule has 0 saturated carbocycles. The number of fused-ring (bicyclic) bond motifs is 1. The number of hydrogen-bond donors (Lipinski definition) is 0. The lowest BCUT2D eigenvalue weighted by Gasteiger charge is -2.27. The molecule has 2 heteroatoms. The molecule has 2 aliphatic heterocycles. The minimum absolute atomic E-state index is 0.508. The van der Waals surface area contributed by atoms with E-state index in [9.17, 15) is 0 Å². The van der Waals surface area contributed by atoms with Crippen molar-refractivity contribution in [2.45, 2.75) is 25.3 Å². The third-order valence-electron chi connectivity index (χ3n) is 3.12. The second kappa shape index (κ2) is 3.70. The highest BCUT2D eigenvalue weighted by atomic mass is 16.7. The highest BCUT2D eigenvalue weighted by Crippen LogP contribution is 2.31. The zero-order valence-corrected chi connectivity index (χ0v) is 8.73. The average molecular weight is 201 g/mol. The zero-order chi connectivity index (χ0) is 10.1. The minimum atomic E-state index is 0.508. The summed E-state index contributed by atoms with van der Waals surface area (Å²) >= 11 is 0. The average Bonchev–Trinajstić information content (AvgIpc) is 2.74. The van der Waals surface area contributed by atoms with E-state index in [2.05, 4.69) is 35.4 Å². The molecule has 2 aliphatic rings. The van der Waals surface area contributed by atoms with Gasteiger partial charge in [0.15, 0.2) is 5.76 Å². The first-order valence-electron chi connectivity index (χ1n) is 5.65. The fraction of sp³-hybridized carbons (Fsp3) is 0.385. The van der Waals surface area contributed by atoms with Gasteiger partial charge in [0.25, 0.3) is 0 Å². The summed E-state index contributed by atoms with van der Waals surface area (Å²) in [5.41, 5.74) is 1.19. The Labute approximate surface area is 90.1 Å². The Balaban J connectivity index is 1.84. The molecule has 0 radical (unpaired) electrons. The first-order chi connectivity index (χ1) is 7.43. The summed E-state index contributed by atoms with van der Waals surface area (Å²) in [4.78, 5) is 5.85. The summed E-state index contributed by atoms with van der Waals surface area (Å²) in [6.07, 6.45) is 6.07. The van der Waals surface area contributed by atoms with E-state index in [0.29, 0.717) is 6.04 Å². The van der Waals surface area contributed by atoms with Crippen molar-refractivity contribution in [1.82, 2.24) is 5.06 Å². The molecule has 1 atom stereocenters. The van der Waals surface area contributed by atoms with E-state index in [1.807, 2.05) is 6.07 Å². The summed E-state index contributed by atoms with van der Waals surface area (Å²) in [6.45, 7) is 1.07. The third kappa shape index (κ3) is 1.65. The van der Waals surface area contributed by atoms with Gasteiger partial charge in [-0.25, -0.2) is 0 Å². The fourth-order valence-electron chi connectivity index (χ4n) is 2.29. The quantitative estimate of drug-likeness (QED) is 0.692. The normalized spacial score (nSPS) is 25.6. The molecule has 1 aromatic carbocycles. The van der Waals surface area contributed by atoms with Crippen molar-refractivity contribution in [2.75, 3.05) is 6.54 Å². The molecule has 1 saturated heterocycles. The SMILES string of the molecule is C1=C(c2ccccc2)ON2CCCCC12. The lowest BCUT2D eigenvalue weighted by molar-refractivity contribution is -0.105. The van der Waals surface area contributed by atoms with E-state index in [1.54, 1.807) is 0 Å². The maximum Gasteiger partial charge on any atom is 0.152 e. The molecule has 3 rings (SSSR count). The lowest BCUT2D eigenvalue weighted by Crippen LogP contribution is -2.33. The summed E-state index contributed by atoms with van der Waals surface area (Å²) in [6, 6.07) is 10.9. The second-order valence-corrected chi connectivity index (χ2v) is 4.19. The predicted octanol–water partition coefficient (Wildman–Crippen LogP) is 2.83. The van der Waals surface area contributed by atoms with Crippen molar-refractivity contribution in [3.05, 3.63) is 42.0 Å². The predicted molar refractivity (Wildman–Crippen MR) is 59.8 cm³/mol. The van der Waals surface area contributed by atoms with Crippen molar-refractivity contribution >= 4 is 5.76 Å². The van der Waals surface area contributed by atoms with Gasteiger partial charge >= 0.3 is 0 Å². The van der Waals surface area contributed by atoms with Crippen LogP contribution in [-0.4, -0.2) is 17.6 Å². The number of nitrogens with zero attached hydrogens (tertiary/aromatic N) is 1. The van der Waals surface area contributed by atoms with Crippen molar-refractivity contribution in [2.24, 2.45) is 0 Å². The molecule has 2 heterocycles. The van der Waals surface area contributed by atoms with E-state index in [4.69, 9.17) is 4.84 Å². The van der Waals surface area contributed by atoms with Crippen molar-refractivity contribution < 1.29 is 4.84 Å². The van der Waals surface area contributed by atoms with Gasteiger partial charge in [0.2, 0.25) is 0 Å². The van der Waals surface area contributed by atoms with Crippen LogP contribution in [0.4, 0.5) is 0 Å². The number of rotatable bonds is 1. The Morgan fingerprint density at radius 1 is 1.13 bits per heavy atom. The van der Waals surface area contributed by atoms with E-state index in [1.165, 1.54) is 24.8 Å². The molecule has 0 bridgehead atoms. The molecule has 1 fully saturated rings. The van der Waals surface area contributed by atoms with Gasteiger partial charge in [0, 0.05) is 12.1 Å². The Bertz CT molecular complexity index is 371. The molecule has 1 unspecified atom stereocenters. The van der Waals surface area contributed by atoms with Crippen molar-refractivity contribution in [3.63, 3.8) is 0 Å². The Kier molecular flexibility index (Phi) is 2.22. The topological polar surface area (TPSA) is 12.5 Å². The van der Waals surface area contributed by atoms with Crippen LogP contribution in [0.3, 0.4) is 0 Å². The molecule has 1 aromatic rings. The van der Waals surface area contributed by atoms with Gasteiger partial charge in [0.05, 0.1) is 6.04 Å². The summed E-state index contributed by atoms with van der Waals surface area (Å²) in [7, 11) is 0. The molecule has 15 heavy (non-hydrogen) atoms. The smallest absolute Gasteiger partial charge is 0.152 e. The van der Waals surface area contributed by atoms with E-state index in [0.717, 1.165) is 12.3 Å². The lowest BCUT2D eigenvalue weighted by atomic mass is 10.0. The van der Waals surface area contributed by atoms with Crippen LogP contribution < -0.4 is 0 Å². The second-order valence-electron chi connectivity index (χ2n) is 4.19. The van der Waals surface area contributed by atoms with Gasteiger partial charge in [0.1, 0.15) is 0 Å². The van der Waals surface area contributed by atoms with Gasteiger partial charge in [-0.05, 0) is 18.9 Å². The maximum atomic E-state index is 5.85. The number of benzene rings is 1. The monoisotopic (exact) mass is 201 g/mol. The van der Waals surface area contributed by atoms with Crippen molar-refractivity contribution in [1.29, 1.82) is 0 Å². The summed E-state index contributed by atoms with van der Waals surface area (Å²) < 4.78 is 0.